The SMILES string of the molecule is Cc1cc(-c2nc(-c3ccccc3)nc(-c3cc(C)c(F)c(C)c3)n2)cc(C)c1F. The van der Waals surface area contributed by atoms with Gasteiger partial charge < -0.3 is 0 Å². The van der Waals surface area contributed by atoms with Crippen LogP contribution in [0.25, 0.3) is 34.2 Å². The van der Waals surface area contributed by atoms with Gasteiger partial charge in [-0.25, -0.2) is 23.7 Å². The van der Waals surface area contributed by atoms with Crippen molar-refractivity contribution >= 4 is 0 Å². The summed E-state index contributed by atoms with van der Waals surface area (Å²) in [7, 11) is 0. The molecule has 0 spiro atoms. The van der Waals surface area contributed by atoms with Gasteiger partial charge in [-0.3, -0.25) is 0 Å². The number of aromatic nitrogens is 3. The molecule has 150 valence electrons. The van der Waals surface area contributed by atoms with E-state index in [0.717, 1.165) is 5.56 Å². The molecule has 3 aromatic carbocycles. The van der Waals surface area contributed by atoms with Crippen LogP contribution >= 0.6 is 0 Å². The highest BCUT2D eigenvalue weighted by atomic mass is 19.1. The maximum absolute atomic E-state index is 14.2. The van der Waals surface area contributed by atoms with E-state index in [-0.39, 0.29) is 11.6 Å². The van der Waals surface area contributed by atoms with E-state index in [2.05, 4.69) is 15.0 Å². The maximum atomic E-state index is 14.2. The zero-order valence-electron chi connectivity index (χ0n) is 17.3. The Morgan fingerprint density at radius 2 is 0.833 bits per heavy atom. The normalized spacial score (nSPS) is 11.0. The standard InChI is InChI=1S/C25H21F2N3/c1-14-10-19(11-15(2)21(14)26)24-28-23(18-8-6-5-7-9-18)29-25(30-24)20-12-16(3)22(27)17(4)13-20/h5-13H,1-4H3. The van der Waals surface area contributed by atoms with Crippen molar-refractivity contribution < 1.29 is 8.78 Å². The summed E-state index contributed by atoms with van der Waals surface area (Å²) in [6, 6.07) is 16.5. The Morgan fingerprint density at radius 1 is 0.500 bits per heavy atom. The van der Waals surface area contributed by atoms with Gasteiger partial charge >= 0.3 is 0 Å². The Labute approximate surface area is 174 Å². The Hall–Kier alpha value is -3.47. The van der Waals surface area contributed by atoms with E-state index >= 15 is 0 Å². The minimum absolute atomic E-state index is 0.235. The molecule has 0 N–H and O–H groups in total. The molecule has 0 saturated heterocycles. The van der Waals surface area contributed by atoms with Crippen molar-refractivity contribution in [2.24, 2.45) is 0 Å². The molecule has 0 radical (unpaired) electrons. The summed E-state index contributed by atoms with van der Waals surface area (Å²) in [5, 5.41) is 0. The van der Waals surface area contributed by atoms with Gasteiger partial charge in [0.2, 0.25) is 0 Å². The molecule has 0 unspecified atom stereocenters. The minimum Gasteiger partial charge on any atom is -0.208 e. The summed E-state index contributed by atoms with van der Waals surface area (Å²) in [6.07, 6.45) is 0. The van der Waals surface area contributed by atoms with E-state index in [1.165, 1.54) is 0 Å². The summed E-state index contributed by atoms with van der Waals surface area (Å²) in [4.78, 5) is 14.0. The van der Waals surface area contributed by atoms with E-state index in [4.69, 9.17) is 0 Å². The first-order chi connectivity index (χ1) is 14.3. The molecule has 0 aliphatic heterocycles. The van der Waals surface area contributed by atoms with Gasteiger partial charge in [0.15, 0.2) is 17.5 Å². The van der Waals surface area contributed by atoms with Crippen LogP contribution in [0.2, 0.25) is 0 Å². The Balaban J connectivity index is 1.96. The van der Waals surface area contributed by atoms with Gasteiger partial charge in [0.25, 0.3) is 0 Å². The van der Waals surface area contributed by atoms with Crippen LogP contribution in [0.4, 0.5) is 8.78 Å². The molecule has 0 atom stereocenters. The largest absolute Gasteiger partial charge is 0.208 e. The van der Waals surface area contributed by atoms with Gasteiger partial charge in [-0.2, -0.15) is 0 Å². The molecule has 3 nitrogen and oxygen atoms in total. The molecular formula is C25H21F2N3. The maximum Gasteiger partial charge on any atom is 0.164 e. The first kappa shape index (κ1) is 19.8. The highest BCUT2D eigenvalue weighted by Gasteiger charge is 2.15. The van der Waals surface area contributed by atoms with Gasteiger partial charge in [0.05, 0.1) is 0 Å². The third kappa shape index (κ3) is 3.71. The second kappa shape index (κ2) is 7.75. The van der Waals surface area contributed by atoms with Crippen molar-refractivity contribution in [3.8, 4) is 34.2 Å². The predicted octanol–water partition coefficient (Wildman–Crippen LogP) is 6.38. The zero-order chi connectivity index (χ0) is 21.4. The molecule has 0 fully saturated rings. The number of aryl methyl sites for hydroxylation is 4. The summed E-state index contributed by atoms with van der Waals surface area (Å²) in [5.74, 6) is 0.937. The lowest BCUT2D eigenvalue weighted by Crippen LogP contribution is -2.02. The third-order valence-electron chi connectivity index (χ3n) is 5.06. The van der Waals surface area contributed by atoms with Crippen LogP contribution < -0.4 is 0 Å². The number of benzene rings is 3. The molecule has 1 aromatic heterocycles. The van der Waals surface area contributed by atoms with Crippen LogP contribution in [0, 0.1) is 39.3 Å². The van der Waals surface area contributed by atoms with Crippen molar-refractivity contribution in [1.82, 2.24) is 15.0 Å². The highest BCUT2D eigenvalue weighted by Crippen LogP contribution is 2.28. The van der Waals surface area contributed by atoms with Crippen LogP contribution in [0.5, 0.6) is 0 Å². The topological polar surface area (TPSA) is 38.7 Å². The minimum atomic E-state index is -0.235. The van der Waals surface area contributed by atoms with E-state index in [9.17, 15) is 8.78 Å². The second-order valence-electron chi connectivity index (χ2n) is 7.52. The summed E-state index contributed by atoms with van der Waals surface area (Å²) in [6.45, 7) is 6.88. The fourth-order valence-corrected chi connectivity index (χ4v) is 3.50. The van der Waals surface area contributed by atoms with E-state index < -0.39 is 0 Å². The van der Waals surface area contributed by atoms with E-state index in [1.54, 1.807) is 52.0 Å². The van der Waals surface area contributed by atoms with Gasteiger partial charge in [-0.15, -0.1) is 0 Å². The number of nitrogens with zero attached hydrogens (tertiary/aromatic N) is 3. The quantitative estimate of drug-likeness (QED) is 0.400. The molecule has 4 aromatic rings. The van der Waals surface area contributed by atoms with Crippen LogP contribution in [0.1, 0.15) is 22.3 Å². The molecule has 30 heavy (non-hydrogen) atoms. The summed E-state index contributed by atoms with van der Waals surface area (Å²) < 4.78 is 28.3. The fraction of sp³-hybridized carbons (Fsp3) is 0.160. The average molecular weight is 401 g/mol. The lowest BCUT2D eigenvalue weighted by atomic mass is 10.0. The van der Waals surface area contributed by atoms with Crippen molar-refractivity contribution in [1.29, 1.82) is 0 Å². The molecule has 0 saturated carbocycles. The van der Waals surface area contributed by atoms with E-state index in [0.29, 0.717) is 50.9 Å². The van der Waals surface area contributed by atoms with E-state index in [1.807, 2.05) is 30.3 Å². The van der Waals surface area contributed by atoms with Gasteiger partial charge in [0, 0.05) is 16.7 Å². The van der Waals surface area contributed by atoms with Crippen molar-refractivity contribution in [2.45, 2.75) is 27.7 Å². The Bertz CT molecular complexity index is 1130. The van der Waals surface area contributed by atoms with Gasteiger partial charge in [-0.1, -0.05) is 30.3 Å². The first-order valence-electron chi connectivity index (χ1n) is 9.69. The molecule has 0 aliphatic carbocycles. The monoisotopic (exact) mass is 401 g/mol. The molecule has 1 heterocycles. The number of hydrogen-bond acceptors (Lipinski definition) is 3. The van der Waals surface area contributed by atoms with Crippen molar-refractivity contribution in [2.75, 3.05) is 0 Å². The molecule has 0 amide bonds. The Kier molecular flexibility index (Phi) is 5.12. The zero-order valence-corrected chi connectivity index (χ0v) is 17.3. The van der Waals surface area contributed by atoms with Crippen LogP contribution in [0.3, 0.4) is 0 Å². The second-order valence-corrected chi connectivity index (χ2v) is 7.52. The average Bonchev–Trinajstić information content (AvgIpc) is 2.75. The molecule has 5 heteroatoms. The lowest BCUT2D eigenvalue weighted by Gasteiger charge is -2.11. The Morgan fingerprint density at radius 3 is 1.20 bits per heavy atom. The van der Waals surface area contributed by atoms with Crippen LogP contribution in [-0.2, 0) is 0 Å². The smallest absolute Gasteiger partial charge is 0.164 e. The van der Waals surface area contributed by atoms with Gasteiger partial charge in [0.1, 0.15) is 11.6 Å². The molecular weight excluding hydrogens is 380 g/mol. The van der Waals surface area contributed by atoms with Crippen LogP contribution in [0.15, 0.2) is 54.6 Å². The molecule has 4 rings (SSSR count). The van der Waals surface area contributed by atoms with Crippen LogP contribution in [-0.4, -0.2) is 15.0 Å². The number of halogens is 2. The molecule has 0 bridgehead atoms. The number of hydrogen-bond donors (Lipinski definition) is 0. The van der Waals surface area contributed by atoms with Crippen molar-refractivity contribution in [3.05, 3.63) is 88.5 Å². The lowest BCUT2D eigenvalue weighted by molar-refractivity contribution is 0.609. The first-order valence-corrected chi connectivity index (χ1v) is 9.69. The molecule has 0 aliphatic rings. The fourth-order valence-electron chi connectivity index (χ4n) is 3.50. The van der Waals surface area contributed by atoms with Gasteiger partial charge in [-0.05, 0) is 74.2 Å². The summed E-state index contributed by atoms with van der Waals surface area (Å²) >= 11 is 0. The number of rotatable bonds is 3. The summed E-state index contributed by atoms with van der Waals surface area (Å²) in [5.41, 5.74) is 4.38. The predicted molar refractivity (Wildman–Crippen MR) is 115 cm³/mol. The van der Waals surface area contributed by atoms with Crippen molar-refractivity contribution in [3.63, 3.8) is 0 Å². The highest BCUT2D eigenvalue weighted by molar-refractivity contribution is 5.67. The third-order valence-corrected chi connectivity index (χ3v) is 5.06.